The lowest BCUT2D eigenvalue weighted by Gasteiger charge is -2.12. The van der Waals surface area contributed by atoms with Crippen LogP contribution in [0.15, 0.2) is 18.2 Å². The van der Waals surface area contributed by atoms with Gasteiger partial charge in [-0.3, -0.25) is 0 Å². The highest BCUT2D eigenvalue weighted by Crippen LogP contribution is 2.35. The van der Waals surface area contributed by atoms with Crippen molar-refractivity contribution in [3.63, 3.8) is 0 Å². The molecule has 0 aliphatic heterocycles. The van der Waals surface area contributed by atoms with Crippen molar-refractivity contribution in [3.05, 3.63) is 28.2 Å². The fourth-order valence-electron chi connectivity index (χ4n) is 1.74. The van der Waals surface area contributed by atoms with Gasteiger partial charge < -0.3 is 4.72 Å². The molecule has 4 heteroatoms. The second-order valence-corrected chi connectivity index (χ2v) is 5.64. The van der Waals surface area contributed by atoms with E-state index >= 15 is 0 Å². The van der Waals surface area contributed by atoms with Gasteiger partial charge in [0, 0.05) is 5.25 Å². The number of hydrogen-bond acceptors (Lipinski definition) is 2. The van der Waals surface area contributed by atoms with Crippen molar-refractivity contribution < 1.29 is 0 Å². The lowest BCUT2D eigenvalue weighted by Crippen LogP contribution is -2.00. The maximum absolute atomic E-state index is 6.05. The Balaban J connectivity index is 1.97. The summed E-state index contributed by atoms with van der Waals surface area (Å²) < 4.78 is 3.28. The Labute approximate surface area is 105 Å². The summed E-state index contributed by atoms with van der Waals surface area (Å²) in [6.07, 6.45) is 5.27. The quantitative estimate of drug-likeness (QED) is 0.769. The molecule has 1 aromatic rings. The van der Waals surface area contributed by atoms with Crippen LogP contribution in [0.1, 0.15) is 25.7 Å². The van der Waals surface area contributed by atoms with Crippen LogP contribution in [0.5, 0.6) is 0 Å². The summed E-state index contributed by atoms with van der Waals surface area (Å²) in [5, 5.41) is 2.08. The summed E-state index contributed by atoms with van der Waals surface area (Å²) in [5.41, 5.74) is 0.845. The molecular weight excluding hydrogens is 249 g/mol. The Bertz CT molecular complexity index is 317. The first-order chi connectivity index (χ1) is 7.27. The van der Waals surface area contributed by atoms with E-state index in [1.165, 1.54) is 25.7 Å². The molecule has 1 nitrogen and oxygen atoms in total. The molecule has 0 saturated heterocycles. The highest BCUT2D eigenvalue weighted by Gasteiger charge is 2.16. The van der Waals surface area contributed by atoms with E-state index < -0.39 is 0 Å². The minimum Gasteiger partial charge on any atom is -0.327 e. The number of benzene rings is 1. The number of halogens is 2. The fourth-order valence-corrected chi connectivity index (χ4v) is 3.42. The normalized spacial score (nSPS) is 16.9. The van der Waals surface area contributed by atoms with Crippen LogP contribution < -0.4 is 4.72 Å². The van der Waals surface area contributed by atoms with Crippen LogP contribution in [0.2, 0.25) is 10.0 Å². The maximum Gasteiger partial charge on any atom is 0.0817 e. The summed E-state index contributed by atoms with van der Waals surface area (Å²) in [7, 11) is 0. The van der Waals surface area contributed by atoms with Gasteiger partial charge in [0.2, 0.25) is 0 Å². The van der Waals surface area contributed by atoms with Crippen molar-refractivity contribution in [2.75, 3.05) is 4.72 Å². The summed E-state index contributed by atoms with van der Waals surface area (Å²) in [5.74, 6) is 0. The van der Waals surface area contributed by atoms with Crippen molar-refractivity contribution in [3.8, 4) is 0 Å². The lowest BCUT2D eigenvalue weighted by atomic mass is 10.3. The molecule has 0 radical (unpaired) electrons. The fraction of sp³-hybridized carbons (Fsp3) is 0.455. The van der Waals surface area contributed by atoms with Crippen molar-refractivity contribution in [2.45, 2.75) is 30.9 Å². The molecule has 1 fully saturated rings. The van der Waals surface area contributed by atoms with Gasteiger partial charge >= 0.3 is 0 Å². The molecule has 82 valence electrons. The van der Waals surface area contributed by atoms with E-state index in [1.807, 2.05) is 18.2 Å². The minimum atomic E-state index is 0.688. The number of para-hydroxylation sites is 1. The molecule has 1 aromatic carbocycles. The summed E-state index contributed by atoms with van der Waals surface area (Å²) in [6.45, 7) is 0. The van der Waals surface area contributed by atoms with Crippen molar-refractivity contribution in [1.82, 2.24) is 0 Å². The molecule has 15 heavy (non-hydrogen) atoms. The second-order valence-electron chi connectivity index (χ2n) is 3.72. The smallest absolute Gasteiger partial charge is 0.0817 e. The van der Waals surface area contributed by atoms with Gasteiger partial charge in [0.05, 0.1) is 15.7 Å². The summed E-state index contributed by atoms with van der Waals surface area (Å²) >= 11 is 13.9. The zero-order valence-corrected chi connectivity index (χ0v) is 10.6. The Morgan fingerprint density at radius 2 is 1.73 bits per heavy atom. The number of anilines is 1. The third-order valence-electron chi connectivity index (χ3n) is 2.59. The molecule has 1 aliphatic carbocycles. The SMILES string of the molecule is Clc1cccc(Cl)c1NSC1CCCC1. The van der Waals surface area contributed by atoms with E-state index in [1.54, 1.807) is 11.9 Å². The van der Waals surface area contributed by atoms with Crippen LogP contribution in [0.3, 0.4) is 0 Å². The predicted octanol–water partition coefficient (Wildman–Crippen LogP) is 5.00. The zero-order valence-electron chi connectivity index (χ0n) is 8.30. The van der Waals surface area contributed by atoms with E-state index in [9.17, 15) is 0 Å². The Kier molecular flexibility index (Phi) is 4.06. The number of rotatable bonds is 3. The molecule has 0 heterocycles. The van der Waals surface area contributed by atoms with Crippen LogP contribution in [-0.2, 0) is 0 Å². The van der Waals surface area contributed by atoms with Gasteiger partial charge in [-0.25, -0.2) is 0 Å². The van der Waals surface area contributed by atoms with Gasteiger partial charge in [0.25, 0.3) is 0 Å². The van der Waals surface area contributed by atoms with Crippen molar-refractivity contribution >= 4 is 40.8 Å². The molecule has 1 N–H and O–H groups in total. The number of hydrogen-bond donors (Lipinski definition) is 1. The molecule has 1 saturated carbocycles. The van der Waals surface area contributed by atoms with Crippen molar-refractivity contribution in [1.29, 1.82) is 0 Å². The highest BCUT2D eigenvalue weighted by molar-refractivity contribution is 8.01. The molecule has 0 spiro atoms. The Morgan fingerprint density at radius 3 is 2.33 bits per heavy atom. The van der Waals surface area contributed by atoms with Crippen LogP contribution in [0, 0.1) is 0 Å². The monoisotopic (exact) mass is 261 g/mol. The predicted molar refractivity (Wildman–Crippen MR) is 69.9 cm³/mol. The Hall–Kier alpha value is -0.0500. The van der Waals surface area contributed by atoms with E-state index in [-0.39, 0.29) is 0 Å². The summed E-state index contributed by atoms with van der Waals surface area (Å²) in [6, 6.07) is 5.56. The van der Waals surface area contributed by atoms with Crippen LogP contribution in [-0.4, -0.2) is 5.25 Å². The van der Waals surface area contributed by atoms with E-state index in [2.05, 4.69) is 4.72 Å². The minimum absolute atomic E-state index is 0.688. The van der Waals surface area contributed by atoms with Crippen LogP contribution >= 0.6 is 35.1 Å². The average molecular weight is 262 g/mol. The van der Waals surface area contributed by atoms with Gasteiger partial charge in [0.15, 0.2) is 0 Å². The lowest BCUT2D eigenvalue weighted by molar-refractivity contribution is 0.886. The molecular formula is C11H13Cl2NS. The standard InChI is InChI=1S/C11H13Cl2NS/c12-9-6-3-7-10(13)11(9)14-15-8-4-1-2-5-8/h3,6-8,14H,1-2,4-5H2. The van der Waals surface area contributed by atoms with Gasteiger partial charge in [-0.05, 0) is 36.9 Å². The third kappa shape index (κ3) is 2.96. The first-order valence-corrected chi connectivity index (χ1v) is 6.76. The average Bonchev–Trinajstić information content (AvgIpc) is 2.70. The van der Waals surface area contributed by atoms with Gasteiger partial charge in [-0.1, -0.05) is 42.1 Å². The molecule has 1 aliphatic rings. The zero-order chi connectivity index (χ0) is 10.7. The molecule has 0 unspecified atom stereocenters. The van der Waals surface area contributed by atoms with Gasteiger partial charge in [-0.15, -0.1) is 0 Å². The van der Waals surface area contributed by atoms with E-state index in [4.69, 9.17) is 23.2 Å². The van der Waals surface area contributed by atoms with Crippen LogP contribution in [0.4, 0.5) is 5.69 Å². The topological polar surface area (TPSA) is 12.0 Å². The highest BCUT2D eigenvalue weighted by atomic mass is 35.5. The first-order valence-electron chi connectivity index (χ1n) is 5.13. The maximum atomic E-state index is 6.05. The molecule has 0 aromatic heterocycles. The largest absolute Gasteiger partial charge is 0.327 e. The molecule has 0 atom stereocenters. The summed E-state index contributed by atoms with van der Waals surface area (Å²) in [4.78, 5) is 0. The molecule has 2 rings (SSSR count). The molecule has 0 bridgehead atoms. The molecule has 0 amide bonds. The Morgan fingerprint density at radius 1 is 1.13 bits per heavy atom. The first kappa shape index (κ1) is 11.4. The van der Waals surface area contributed by atoms with Gasteiger partial charge in [0.1, 0.15) is 0 Å². The van der Waals surface area contributed by atoms with Crippen LogP contribution in [0.25, 0.3) is 0 Å². The van der Waals surface area contributed by atoms with Crippen molar-refractivity contribution in [2.24, 2.45) is 0 Å². The number of nitrogens with one attached hydrogen (secondary N) is 1. The van der Waals surface area contributed by atoms with E-state index in [0.29, 0.717) is 15.3 Å². The third-order valence-corrected chi connectivity index (χ3v) is 4.35. The van der Waals surface area contributed by atoms with Gasteiger partial charge in [-0.2, -0.15) is 0 Å². The second kappa shape index (κ2) is 5.33. The van der Waals surface area contributed by atoms with E-state index in [0.717, 1.165) is 5.69 Å².